The molecule has 5 rings (SSSR count). The highest BCUT2D eigenvalue weighted by Gasteiger charge is 2.26. The number of ether oxygens (including phenoxy) is 3. The summed E-state index contributed by atoms with van der Waals surface area (Å²) in [4.78, 5) is 4.57. The van der Waals surface area contributed by atoms with Crippen molar-refractivity contribution in [1.29, 1.82) is 0 Å². The molecule has 1 atom stereocenters. The smallest absolute Gasteiger partial charge is 0.165 e. The average molecular weight is 535 g/mol. The number of aromatic hydroxyl groups is 1. The van der Waals surface area contributed by atoms with Crippen molar-refractivity contribution in [3.63, 3.8) is 0 Å². The second kappa shape index (κ2) is 12.2. The molecule has 3 aromatic carbocycles. The molecular weight excluding hydrogens is 495 g/mol. The molecule has 0 amide bonds. The molecule has 1 unspecified atom stereocenters. The third-order valence-corrected chi connectivity index (χ3v) is 8.10. The van der Waals surface area contributed by atoms with Crippen molar-refractivity contribution in [2.75, 3.05) is 51.9 Å². The van der Waals surface area contributed by atoms with Crippen LogP contribution in [-0.4, -0.2) is 57.0 Å². The number of aryl methyl sites for hydroxylation is 1. The molecule has 1 N–H and O–H groups in total. The number of rotatable bonds is 11. The van der Waals surface area contributed by atoms with E-state index in [0.29, 0.717) is 36.1 Å². The van der Waals surface area contributed by atoms with Gasteiger partial charge in [-0.25, -0.2) is 4.39 Å². The molecule has 7 heteroatoms. The van der Waals surface area contributed by atoms with Crippen LogP contribution in [0.4, 0.5) is 10.1 Å². The van der Waals surface area contributed by atoms with Gasteiger partial charge >= 0.3 is 0 Å². The molecule has 1 saturated heterocycles. The van der Waals surface area contributed by atoms with E-state index in [1.165, 1.54) is 23.1 Å². The minimum atomic E-state index is -0.327. The fourth-order valence-corrected chi connectivity index (χ4v) is 5.73. The summed E-state index contributed by atoms with van der Waals surface area (Å²) in [6, 6.07) is 15.1. The summed E-state index contributed by atoms with van der Waals surface area (Å²) in [6.45, 7) is 6.95. The summed E-state index contributed by atoms with van der Waals surface area (Å²) in [6.07, 6.45) is 3.98. The molecule has 208 valence electrons. The molecule has 6 nitrogen and oxygen atoms in total. The van der Waals surface area contributed by atoms with E-state index in [-0.39, 0.29) is 11.7 Å². The number of hydrogen-bond acceptors (Lipinski definition) is 6. The van der Waals surface area contributed by atoms with Crippen LogP contribution in [0.25, 0.3) is 0 Å². The van der Waals surface area contributed by atoms with E-state index < -0.39 is 0 Å². The first-order valence-corrected chi connectivity index (χ1v) is 13.9. The van der Waals surface area contributed by atoms with Crippen molar-refractivity contribution in [2.45, 2.75) is 45.1 Å². The number of halogens is 1. The summed E-state index contributed by atoms with van der Waals surface area (Å²) in [5, 5.41) is 9.93. The van der Waals surface area contributed by atoms with E-state index in [2.05, 4.69) is 22.8 Å². The third-order valence-electron chi connectivity index (χ3n) is 8.10. The zero-order chi connectivity index (χ0) is 27.4. The zero-order valence-electron chi connectivity index (χ0n) is 23.2. The number of fused-ring (bicyclic) bond motifs is 1. The van der Waals surface area contributed by atoms with Crippen LogP contribution in [0.15, 0.2) is 48.5 Å². The van der Waals surface area contributed by atoms with Crippen molar-refractivity contribution >= 4 is 5.69 Å². The minimum absolute atomic E-state index is 0.282. The van der Waals surface area contributed by atoms with E-state index in [1.807, 2.05) is 24.3 Å². The molecule has 0 saturated carbocycles. The van der Waals surface area contributed by atoms with Gasteiger partial charge in [0.15, 0.2) is 23.1 Å². The molecule has 3 aromatic rings. The lowest BCUT2D eigenvalue weighted by Crippen LogP contribution is -2.39. The standard InChI is InChI=1S/C32H39FN2O4/c1-4-35(21-22-6-11-30(28(33)16-22)39-15-14-34-12-5-13-34)29-20-32(38-3)31(37-2)19-27(29)25-8-7-24-18-26(36)10-9-23(24)17-25/h6,9-11,16,18-20,25,36H,4-5,7-8,12-15,17,21H2,1-3H3. The fraction of sp³-hybridized carbons (Fsp3) is 0.438. The number of likely N-dealkylation sites (tertiary alicyclic amines) is 1. The molecule has 0 bridgehead atoms. The van der Waals surface area contributed by atoms with Gasteiger partial charge in [-0.3, -0.25) is 4.90 Å². The zero-order valence-corrected chi connectivity index (χ0v) is 23.2. The summed E-state index contributed by atoms with van der Waals surface area (Å²) >= 11 is 0. The number of phenols is 1. The van der Waals surface area contributed by atoms with Crippen molar-refractivity contribution in [3.05, 3.63) is 76.6 Å². The van der Waals surface area contributed by atoms with Gasteiger partial charge in [0.1, 0.15) is 12.4 Å². The van der Waals surface area contributed by atoms with E-state index in [1.54, 1.807) is 32.4 Å². The Balaban J connectivity index is 1.39. The maximum Gasteiger partial charge on any atom is 0.165 e. The predicted octanol–water partition coefficient (Wildman–Crippen LogP) is 5.93. The first-order valence-electron chi connectivity index (χ1n) is 13.9. The first-order chi connectivity index (χ1) is 19.0. The van der Waals surface area contributed by atoms with Crippen LogP contribution in [-0.2, 0) is 19.4 Å². The molecule has 0 aromatic heterocycles. The Hall–Kier alpha value is -3.45. The number of hydrogen-bond donors (Lipinski definition) is 1. The summed E-state index contributed by atoms with van der Waals surface area (Å²) < 4.78 is 32.1. The van der Waals surface area contributed by atoms with E-state index in [4.69, 9.17) is 14.2 Å². The maximum absolute atomic E-state index is 15.0. The molecule has 1 aliphatic heterocycles. The quantitative estimate of drug-likeness (QED) is 0.329. The Morgan fingerprint density at radius 2 is 1.77 bits per heavy atom. The maximum atomic E-state index is 15.0. The normalized spacial score (nSPS) is 16.8. The highest BCUT2D eigenvalue weighted by molar-refractivity contribution is 5.64. The van der Waals surface area contributed by atoms with Crippen LogP contribution >= 0.6 is 0 Å². The van der Waals surface area contributed by atoms with Gasteiger partial charge in [-0.05, 0) is 104 Å². The van der Waals surface area contributed by atoms with Crippen molar-refractivity contribution in [1.82, 2.24) is 4.90 Å². The van der Waals surface area contributed by atoms with Gasteiger partial charge in [0.2, 0.25) is 0 Å². The Bertz CT molecular complexity index is 1290. The molecule has 39 heavy (non-hydrogen) atoms. The van der Waals surface area contributed by atoms with Crippen LogP contribution in [0.1, 0.15) is 47.9 Å². The number of benzene rings is 3. The van der Waals surface area contributed by atoms with Crippen LogP contribution in [0.5, 0.6) is 23.0 Å². The van der Waals surface area contributed by atoms with Gasteiger partial charge in [0, 0.05) is 31.4 Å². The molecule has 1 fully saturated rings. The molecule has 2 aliphatic rings. The molecule has 0 spiro atoms. The van der Waals surface area contributed by atoms with Crippen LogP contribution in [0.3, 0.4) is 0 Å². The highest BCUT2D eigenvalue weighted by Crippen LogP contribution is 2.43. The van der Waals surface area contributed by atoms with E-state index in [9.17, 15) is 9.50 Å². The largest absolute Gasteiger partial charge is 0.508 e. The Kier molecular flexibility index (Phi) is 8.46. The molecule has 0 radical (unpaired) electrons. The number of anilines is 1. The topological polar surface area (TPSA) is 54.4 Å². The summed E-state index contributed by atoms with van der Waals surface area (Å²) in [5.41, 5.74) is 5.62. The van der Waals surface area contributed by atoms with Crippen LogP contribution in [0, 0.1) is 5.82 Å². The van der Waals surface area contributed by atoms with Crippen molar-refractivity contribution < 1.29 is 23.7 Å². The Morgan fingerprint density at radius 3 is 2.46 bits per heavy atom. The second-order valence-electron chi connectivity index (χ2n) is 10.5. The number of phenolic OH excluding ortho intramolecular Hbond substituents is 1. The van der Waals surface area contributed by atoms with E-state index in [0.717, 1.165) is 56.7 Å². The minimum Gasteiger partial charge on any atom is -0.508 e. The monoisotopic (exact) mass is 534 g/mol. The third kappa shape index (κ3) is 6.09. The van der Waals surface area contributed by atoms with Crippen molar-refractivity contribution in [2.24, 2.45) is 0 Å². The summed E-state index contributed by atoms with van der Waals surface area (Å²) in [7, 11) is 3.31. The van der Waals surface area contributed by atoms with Crippen LogP contribution < -0.4 is 19.1 Å². The van der Waals surface area contributed by atoms with Gasteiger partial charge in [-0.15, -0.1) is 0 Å². The summed E-state index contributed by atoms with van der Waals surface area (Å²) in [5.74, 6) is 1.95. The highest BCUT2D eigenvalue weighted by atomic mass is 19.1. The average Bonchev–Trinajstić information content (AvgIpc) is 2.93. The Labute approximate surface area is 230 Å². The SMILES string of the molecule is CCN(Cc1ccc(OCCN2CCC2)c(F)c1)c1cc(OC)c(OC)cc1C1CCc2cc(O)ccc2C1. The van der Waals surface area contributed by atoms with Crippen LogP contribution in [0.2, 0.25) is 0 Å². The predicted molar refractivity (Wildman–Crippen MR) is 152 cm³/mol. The lowest BCUT2D eigenvalue weighted by atomic mass is 9.79. The second-order valence-corrected chi connectivity index (χ2v) is 10.5. The lowest BCUT2D eigenvalue weighted by Gasteiger charge is -2.32. The van der Waals surface area contributed by atoms with Crippen molar-refractivity contribution in [3.8, 4) is 23.0 Å². The van der Waals surface area contributed by atoms with Gasteiger partial charge in [0.25, 0.3) is 0 Å². The Morgan fingerprint density at radius 1 is 0.974 bits per heavy atom. The van der Waals surface area contributed by atoms with Gasteiger partial charge in [-0.1, -0.05) is 12.1 Å². The first kappa shape index (κ1) is 27.1. The van der Waals surface area contributed by atoms with E-state index >= 15 is 0 Å². The van der Waals surface area contributed by atoms with Gasteiger partial charge < -0.3 is 24.2 Å². The lowest BCUT2D eigenvalue weighted by molar-refractivity contribution is 0.145. The fourth-order valence-electron chi connectivity index (χ4n) is 5.73. The number of nitrogens with zero attached hydrogens (tertiary/aromatic N) is 2. The number of methoxy groups -OCH3 is 2. The molecule has 1 aliphatic carbocycles. The molecular formula is C32H39FN2O4. The van der Waals surface area contributed by atoms with Gasteiger partial charge in [0.05, 0.1) is 14.2 Å². The molecule has 1 heterocycles. The van der Waals surface area contributed by atoms with Gasteiger partial charge in [-0.2, -0.15) is 0 Å².